The fraction of sp³-hybridized carbons (Fsp3) is 0.545. The third kappa shape index (κ3) is 4.18. The predicted octanol–water partition coefficient (Wildman–Crippen LogP) is 0.528. The third-order valence-corrected chi connectivity index (χ3v) is 3.48. The summed E-state index contributed by atoms with van der Waals surface area (Å²) < 4.78 is 5.31. The van der Waals surface area contributed by atoms with E-state index < -0.39 is 12.1 Å². The second-order valence-electron chi connectivity index (χ2n) is 4.12. The zero-order valence-corrected chi connectivity index (χ0v) is 11.1. The fourth-order valence-corrected chi connectivity index (χ4v) is 2.38. The van der Waals surface area contributed by atoms with Gasteiger partial charge in [-0.3, -0.25) is 4.79 Å². The normalized spacial score (nSPS) is 19.2. The first-order valence-corrected chi connectivity index (χ1v) is 6.77. The van der Waals surface area contributed by atoms with Crippen LogP contribution in [0.2, 0.25) is 0 Å². The monoisotopic (exact) mass is 285 g/mol. The number of carbonyl (C=O) groups is 2. The Morgan fingerprint density at radius 1 is 1.63 bits per heavy atom. The lowest BCUT2D eigenvalue weighted by molar-refractivity contribution is -0.141. The maximum atomic E-state index is 11.9. The molecule has 7 nitrogen and oxygen atoms in total. The molecule has 0 saturated carbocycles. The molecule has 1 unspecified atom stereocenters. The van der Waals surface area contributed by atoms with Crippen LogP contribution in [-0.4, -0.2) is 52.8 Å². The minimum absolute atomic E-state index is 0.0870. The third-order valence-electron chi connectivity index (χ3n) is 2.70. The van der Waals surface area contributed by atoms with Gasteiger partial charge in [-0.25, -0.2) is 9.78 Å². The standard InChI is InChI=1S/C11H15N3O4S/c15-10(16)5-8-7-14(2-3-18-8)11(17)13-6-9-12-1-4-19-9/h1,4,8H,2-3,5-7H2,(H,13,17)(H,15,16). The van der Waals surface area contributed by atoms with Gasteiger partial charge in [-0.05, 0) is 0 Å². The molecule has 8 heteroatoms. The number of urea groups is 1. The molecule has 2 amide bonds. The lowest BCUT2D eigenvalue weighted by Gasteiger charge is -2.32. The van der Waals surface area contributed by atoms with Crippen LogP contribution in [0.3, 0.4) is 0 Å². The van der Waals surface area contributed by atoms with Crippen LogP contribution in [0.15, 0.2) is 11.6 Å². The SMILES string of the molecule is O=C(O)CC1CN(C(=O)NCc2nccs2)CCO1. The number of rotatable bonds is 4. The second-order valence-corrected chi connectivity index (χ2v) is 5.10. The Morgan fingerprint density at radius 2 is 2.47 bits per heavy atom. The van der Waals surface area contributed by atoms with E-state index in [0.717, 1.165) is 5.01 Å². The van der Waals surface area contributed by atoms with E-state index in [1.165, 1.54) is 11.3 Å². The summed E-state index contributed by atoms with van der Waals surface area (Å²) in [5, 5.41) is 14.2. The number of carboxylic acid groups (broad SMARTS) is 1. The summed E-state index contributed by atoms with van der Waals surface area (Å²) in [6.45, 7) is 1.52. The van der Waals surface area contributed by atoms with E-state index in [2.05, 4.69) is 10.3 Å². The molecule has 1 aliphatic rings. The molecule has 1 aliphatic heterocycles. The van der Waals surface area contributed by atoms with E-state index in [-0.39, 0.29) is 12.5 Å². The maximum absolute atomic E-state index is 11.9. The molecule has 2 rings (SSSR count). The first-order valence-electron chi connectivity index (χ1n) is 5.89. The highest BCUT2D eigenvalue weighted by Crippen LogP contribution is 2.09. The van der Waals surface area contributed by atoms with Crippen LogP contribution in [-0.2, 0) is 16.1 Å². The minimum Gasteiger partial charge on any atom is -0.481 e. The van der Waals surface area contributed by atoms with E-state index >= 15 is 0 Å². The Morgan fingerprint density at radius 3 is 3.16 bits per heavy atom. The number of aromatic nitrogens is 1. The summed E-state index contributed by atoms with van der Waals surface area (Å²) in [5.41, 5.74) is 0. The van der Waals surface area contributed by atoms with E-state index in [1.54, 1.807) is 11.1 Å². The zero-order chi connectivity index (χ0) is 13.7. The number of nitrogens with zero attached hydrogens (tertiary/aromatic N) is 2. The number of nitrogens with one attached hydrogen (secondary N) is 1. The molecule has 19 heavy (non-hydrogen) atoms. The van der Waals surface area contributed by atoms with Crippen LogP contribution in [0.5, 0.6) is 0 Å². The number of hydrogen-bond acceptors (Lipinski definition) is 5. The van der Waals surface area contributed by atoms with Crippen molar-refractivity contribution in [1.29, 1.82) is 0 Å². The van der Waals surface area contributed by atoms with Crippen LogP contribution < -0.4 is 5.32 Å². The molecule has 2 N–H and O–H groups in total. The highest BCUT2D eigenvalue weighted by Gasteiger charge is 2.25. The van der Waals surface area contributed by atoms with Gasteiger partial charge in [0.1, 0.15) is 5.01 Å². The Bertz CT molecular complexity index is 437. The molecule has 0 radical (unpaired) electrons. The Labute approximate surface area is 114 Å². The van der Waals surface area contributed by atoms with Crippen molar-refractivity contribution in [1.82, 2.24) is 15.2 Å². The summed E-state index contributed by atoms with van der Waals surface area (Å²) in [4.78, 5) is 28.2. The van der Waals surface area contributed by atoms with Gasteiger partial charge in [0.25, 0.3) is 0 Å². The molecule has 1 aromatic rings. The van der Waals surface area contributed by atoms with E-state index in [1.807, 2.05) is 5.38 Å². The lowest BCUT2D eigenvalue weighted by Crippen LogP contribution is -2.49. The Kier molecular flexibility index (Phi) is 4.69. The number of aliphatic carboxylic acids is 1. The minimum atomic E-state index is -0.921. The van der Waals surface area contributed by atoms with Crippen LogP contribution in [0.4, 0.5) is 4.79 Å². The smallest absolute Gasteiger partial charge is 0.317 e. The van der Waals surface area contributed by atoms with Crippen molar-refractivity contribution in [2.24, 2.45) is 0 Å². The summed E-state index contributed by atoms with van der Waals surface area (Å²) in [6, 6.07) is -0.214. The molecule has 1 saturated heterocycles. The van der Waals surface area contributed by atoms with Crippen molar-refractivity contribution in [2.75, 3.05) is 19.7 Å². The topological polar surface area (TPSA) is 91.8 Å². The molecular weight excluding hydrogens is 270 g/mol. The Hall–Kier alpha value is -1.67. The lowest BCUT2D eigenvalue weighted by atomic mass is 10.2. The van der Waals surface area contributed by atoms with Crippen molar-refractivity contribution >= 4 is 23.3 Å². The molecule has 0 bridgehead atoms. The van der Waals surface area contributed by atoms with Gasteiger partial charge in [0.2, 0.25) is 0 Å². The molecule has 0 aromatic carbocycles. The van der Waals surface area contributed by atoms with Gasteiger partial charge >= 0.3 is 12.0 Å². The molecular formula is C11H15N3O4S. The predicted molar refractivity (Wildman–Crippen MR) is 67.9 cm³/mol. The molecule has 1 fully saturated rings. The van der Waals surface area contributed by atoms with E-state index in [4.69, 9.17) is 9.84 Å². The van der Waals surface area contributed by atoms with Gasteiger partial charge in [-0.2, -0.15) is 0 Å². The fourth-order valence-electron chi connectivity index (χ4n) is 1.83. The molecule has 1 aromatic heterocycles. The van der Waals surface area contributed by atoms with Crippen LogP contribution >= 0.6 is 11.3 Å². The number of thiazole rings is 1. The van der Waals surface area contributed by atoms with Gasteiger partial charge in [-0.15, -0.1) is 11.3 Å². The zero-order valence-electron chi connectivity index (χ0n) is 10.2. The largest absolute Gasteiger partial charge is 0.481 e. The number of carbonyl (C=O) groups excluding carboxylic acids is 1. The number of amides is 2. The van der Waals surface area contributed by atoms with E-state index in [0.29, 0.717) is 26.2 Å². The second kappa shape index (κ2) is 6.48. The van der Waals surface area contributed by atoms with Crippen LogP contribution in [0.25, 0.3) is 0 Å². The number of hydrogen-bond donors (Lipinski definition) is 2. The molecule has 104 valence electrons. The molecule has 1 atom stereocenters. The van der Waals surface area contributed by atoms with Gasteiger partial charge < -0.3 is 20.1 Å². The van der Waals surface area contributed by atoms with Gasteiger partial charge in [-0.1, -0.05) is 0 Å². The van der Waals surface area contributed by atoms with Gasteiger partial charge in [0.15, 0.2) is 0 Å². The van der Waals surface area contributed by atoms with Crippen LogP contribution in [0.1, 0.15) is 11.4 Å². The maximum Gasteiger partial charge on any atom is 0.317 e. The quantitative estimate of drug-likeness (QED) is 0.842. The van der Waals surface area contributed by atoms with Crippen molar-refractivity contribution in [3.05, 3.63) is 16.6 Å². The van der Waals surface area contributed by atoms with Crippen molar-refractivity contribution in [2.45, 2.75) is 19.1 Å². The summed E-state index contributed by atoms with van der Waals surface area (Å²) in [7, 11) is 0. The molecule has 0 aliphatic carbocycles. The molecule has 0 spiro atoms. The Balaban J connectivity index is 1.79. The highest BCUT2D eigenvalue weighted by molar-refractivity contribution is 7.09. The van der Waals surface area contributed by atoms with Gasteiger partial charge in [0.05, 0.1) is 25.7 Å². The average Bonchev–Trinajstić information content (AvgIpc) is 2.88. The van der Waals surface area contributed by atoms with Crippen molar-refractivity contribution in [3.8, 4) is 0 Å². The summed E-state index contributed by atoms with van der Waals surface area (Å²) >= 11 is 1.47. The van der Waals surface area contributed by atoms with Gasteiger partial charge in [0, 0.05) is 24.7 Å². The number of carboxylic acids is 1. The number of ether oxygens (including phenoxy) is 1. The summed E-state index contributed by atoms with van der Waals surface area (Å²) in [5.74, 6) is -0.921. The number of morpholine rings is 1. The highest BCUT2D eigenvalue weighted by atomic mass is 32.1. The first-order chi connectivity index (χ1) is 9.15. The summed E-state index contributed by atoms with van der Waals surface area (Å²) in [6.07, 6.45) is 1.16. The van der Waals surface area contributed by atoms with Crippen molar-refractivity contribution in [3.63, 3.8) is 0 Å². The molecule has 2 heterocycles. The first kappa shape index (κ1) is 13.8. The van der Waals surface area contributed by atoms with Crippen LogP contribution in [0, 0.1) is 0 Å². The van der Waals surface area contributed by atoms with E-state index in [9.17, 15) is 9.59 Å². The average molecular weight is 285 g/mol. The van der Waals surface area contributed by atoms with Crippen molar-refractivity contribution < 1.29 is 19.4 Å².